The lowest BCUT2D eigenvalue weighted by Crippen LogP contribution is -2.34. The van der Waals surface area contributed by atoms with Crippen molar-refractivity contribution in [2.45, 2.75) is 38.7 Å². The number of esters is 2. The molecule has 28 heavy (non-hydrogen) atoms. The third-order valence-electron chi connectivity index (χ3n) is 3.70. The van der Waals surface area contributed by atoms with Crippen molar-refractivity contribution in [2.75, 3.05) is 12.1 Å². The number of nitrogens with zero attached hydrogens (tertiary/aromatic N) is 2. The van der Waals surface area contributed by atoms with E-state index in [1.165, 1.54) is 20.0 Å². The number of aliphatic carboxylic acids is 1. The first-order valence-electron chi connectivity index (χ1n) is 8.11. The lowest BCUT2D eigenvalue weighted by molar-refractivity contribution is -0.153. The van der Waals surface area contributed by atoms with Crippen molar-refractivity contribution in [3.8, 4) is 0 Å². The summed E-state index contributed by atoms with van der Waals surface area (Å²) in [6.07, 6.45) is 0.646. The van der Waals surface area contributed by atoms with Gasteiger partial charge in [0.05, 0.1) is 6.10 Å². The molecule has 3 atom stereocenters. The van der Waals surface area contributed by atoms with Gasteiger partial charge in [0.15, 0.2) is 12.0 Å². The summed E-state index contributed by atoms with van der Waals surface area (Å²) in [5.41, 5.74) is 0.930. The lowest BCUT2D eigenvalue weighted by Gasteiger charge is -2.21. The zero-order valence-electron chi connectivity index (χ0n) is 15.0. The topological polar surface area (TPSA) is 166 Å². The van der Waals surface area contributed by atoms with E-state index in [0.29, 0.717) is 0 Å². The van der Waals surface area contributed by atoms with E-state index < -0.39 is 42.0 Å². The Hall–Kier alpha value is -3.25. The molecule has 1 aliphatic heterocycles. The third-order valence-corrected chi connectivity index (χ3v) is 3.70. The Morgan fingerprint density at radius 3 is 2.68 bits per heavy atom. The summed E-state index contributed by atoms with van der Waals surface area (Å²) >= 11 is 0. The Bertz CT molecular complexity index is 848. The molecule has 3 N–H and O–H groups in total. The molecule has 1 saturated heterocycles. The number of rotatable bonds is 7. The SMILES string of the molecule is CC(=O)OC[C@@H]1C[C@@H](OC(C)=O)[C@H](n2cc(C=CC(=O)O)c(NO)nc2=O)O1. The molecule has 0 bridgehead atoms. The smallest absolute Gasteiger partial charge is 0.351 e. The van der Waals surface area contributed by atoms with Gasteiger partial charge >= 0.3 is 23.6 Å². The van der Waals surface area contributed by atoms with Crippen molar-refractivity contribution in [2.24, 2.45) is 0 Å². The van der Waals surface area contributed by atoms with Crippen LogP contribution in [0.2, 0.25) is 0 Å². The van der Waals surface area contributed by atoms with Crippen LogP contribution < -0.4 is 11.2 Å². The molecule has 0 spiro atoms. The number of hydrogen-bond donors (Lipinski definition) is 3. The zero-order chi connectivity index (χ0) is 20.8. The van der Waals surface area contributed by atoms with Crippen molar-refractivity contribution in [3.05, 3.63) is 28.3 Å². The van der Waals surface area contributed by atoms with Gasteiger partial charge in [-0.1, -0.05) is 0 Å². The van der Waals surface area contributed by atoms with Crippen LogP contribution in [0.25, 0.3) is 6.08 Å². The van der Waals surface area contributed by atoms with Gasteiger partial charge in [0.25, 0.3) is 0 Å². The van der Waals surface area contributed by atoms with E-state index in [0.717, 1.165) is 16.7 Å². The van der Waals surface area contributed by atoms with Gasteiger partial charge in [-0.05, 0) is 6.08 Å². The van der Waals surface area contributed by atoms with Gasteiger partial charge in [0.1, 0.15) is 12.7 Å². The second-order valence-corrected chi connectivity index (χ2v) is 5.85. The highest BCUT2D eigenvalue weighted by Crippen LogP contribution is 2.31. The molecule has 1 aliphatic rings. The molecular formula is C16H19N3O9. The predicted octanol–water partition coefficient (Wildman–Crippen LogP) is -0.0755. The summed E-state index contributed by atoms with van der Waals surface area (Å²) in [7, 11) is 0. The minimum atomic E-state index is -1.25. The van der Waals surface area contributed by atoms with E-state index in [1.807, 2.05) is 0 Å². The maximum absolute atomic E-state index is 12.3. The van der Waals surface area contributed by atoms with Crippen molar-refractivity contribution in [3.63, 3.8) is 0 Å². The number of carbonyl (C=O) groups is 3. The first-order valence-corrected chi connectivity index (χ1v) is 8.11. The van der Waals surface area contributed by atoms with Gasteiger partial charge in [-0.25, -0.2) is 9.59 Å². The van der Waals surface area contributed by atoms with E-state index in [-0.39, 0.29) is 24.4 Å². The van der Waals surface area contributed by atoms with Gasteiger partial charge in [0, 0.05) is 38.1 Å². The highest BCUT2D eigenvalue weighted by molar-refractivity contribution is 5.86. The van der Waals surface area contributed by atoms with Crippen LogP contribution in [-0.2, 0) is 28.6 Å². The van der Waals surface area contributed by atoms with E-state index in [1.54, 1.807) is 5.48 Å². The van der Waals surface area contributed by atoms with Crippen LogP contribution in [0.3, 0.4) is 0 Å². The predicted molar refractivity (Wildman–Crippen MR) is 91.3 cm³/mol. The van der Waals surface area contributed by atoms with E-state index in [2.05, 4.69) is 4.98 Å². The fraction of sp³-hybridized carbons (Fsp3) is 0.438. The molecule has 0 unspecified atom stereocenters. The molecule has 0 aromatic carbocycles. The molecule has 12 heteroatoms. The Kier molecular flexibility index (Phi) is 6.84. The number of nitrogens with one attached hydrogen (secondary N) is 1. The van der Waals surface area contributed by atoms with Crippen molar-refractivity contribution in [1.82, 2.24) is 9.55 Å². The number of carboxylic acid groups (broad SMARTS) is 1. The second-order valence-electron chi connectivity index (χ2n) is 5.85. The van der Waals surface area contributed by atoms with Crippen molar-refractivity contribution in [1.29, 1.82) is 0 Å². The molecule has 0 amide bonds. The maximum Gasteiger partial charge on any atom is 0.351 e. The number of ether oxygens (including phenoxy) is 3. The summed E-state index contributed by atoms with van der Waals surface area (Å²) in [6.45, 7) is 2.32. The maximum atomic E-state index is 12.3. The molecular weight excluding hydrogens is 378 g/mol. The van der Waals surface area contributed by atoms with Crippen LogP contribution in [0.5, 0.6) is 0 Å². The fourth-order valence-electron chi connectivity index (χ4n) is 2.64. The van der Waals surface area contributed by atoms with Crippen LogP contribution >= 0.6 is 0 Å². The van der Waals surface area contributed by atoms with Crippen LogP contribution in [0.4, 0.5) is 5.82 Å². The highest BCUT2D eigenvalue weighted by atomic mass is 16.6. The number of hydrogen-bond acceptors (Lipinski definition) is 10. The molecule has 0 aliphatic carbocycles. The normalized spacial score (nSPS) is 21.5. The molecule has 2 heterocycles. The molecule has 1 aromatic heterocycles. The molecule has 152 valence electrons. The van der Waals surface area contributed by atoms with Gasteiger partial charge in [-0.3, -0.25) is 24.8 Å². The summed E-state index contributed by atoms with van der Waals surface area (Å²) in [4.78, 5) is 49.1. The summed E-state index contributed by atoms with van der Waals surface area (Å²) < 4.78 is 16.8. The van der Waals surface area contributed by atoms with Crippen molar-refractivity contribution < 1.29 is 38.9 Å². The number of carboxylic acids is 1. The highest BCUT2D eigenvalue weighted by Gasteiger charge is 2.40. The third kappa shape index (κ3) is 5.37. The Balaban J connectivity index is 2.39. The first-order chi connectivity index (χ1) is 13.2. The average molecular weight is 397 g/mol. The molecule has 0 radical (unpaired) electrons. The Labute approximate surface area is 158 Å². The molecule has 1 aromatic rings. The number of aromatic nitrogens is 2. The average Bonchev–Trinajstić information content (AvgIpc) is 3.00. The molecule has 0 saturated carbocycles. The Morgan fingerprint density at radius 2 is 2.11 bits per heavy atom. The van der Waals surface area contributed by atoms with Crippen LogP contribution in [0.15, 0.2) is 17.1 Å². The van der Waals surface area contributed by atoms with Gasteiger partial charge in [-0.15, -0.1) is 0 Å². The zero-order valence-corrected chi connectivity index (χ0v) is 15.0. The van der Waals surface area contributed by atoms with E-state index in [4.69, 9.17) is 24.5 Å². The van der Waals surface area contributed by atoms with Crippen LogP contribution in [0, 0.1) is 0 Å². The number of anilines is 1. The molecule has 1 fully saturated rings. The minimum Gasteiger partial charge on any atom is -0.478 e. The van der Waals surface area contributed by atoms with Gasteiger partial charge in [-0.2, -0.15) is 4.98 Å². The summed E-state index contributed by atoms with van der Waals surface area (Å²) in [6, 6.07) is 0. The summed E-state index contributed by atoms with van der Waals surface area (Å²) in [5.74, 6) is -2.64. The molecule has 12 nitrogen and oxygen atoms in total. The molecule has 2 rings (SSSR count). The Morgan fingerprint density at radius 1 is 1.39 bits per heavy atom. The lowest BCUT2D eigenvalue weighted by atomic mass is 10.2. The number of carbonyl (C=O) groups excluding carboxylic acids is 2. The van der Waals surface area contributed by atoms with Gasteiger partial charge in [0.2, 0.25) is 0 Å². The van der Waals surface area contributed by atoms with E-state index >= 15 is 0 Å². The standard InChI is InChI=1S/C16H19N3O9/c1-8(20)26-7-11-5-12(27-9(2)21)15(28-11)19-6-10(3-4-13(22)23)14(18-25)17-16(19)24/h3-4,6,11-12,15,25H,5,7H2,1-2H3,(H,22,23)(H,17,18,24)/t11-,12+,15+/m0/s1. The monoisotopic (exact) mass is 397 g/mol. The second kappa shape index (κ2) is 9.10. The fourth-order valence-corrected chi connectivity index (χ4v) is 2.64. The largest absolute Gasteiger partial charge is 0.478 e. The summed E-state index contributed by atoms with van der Waals surface area (Å²) in [5, 5.41) is 17.9. The quantitative estimate of drug-likeness (QED) is 0.320. The van der Waals surface area contributed by atoms with Gasteiger partial charge < -0.3 is 19.3 Å². The van der Waals surface area contributed by atoms with Crippen LogP contribution in [-0.4, -0.2) is 56.6 Å². The first kappa shape index (κ1) is 21.1. The van der Waals surface area contributed by atoms with Crippen molar-refractivity contribution >= 4 is 29.8 Å². The van der Waals surface area contributed by atoms with Crippen LogP contribution in [0.1, 0.15) is 32.1 Å². The van der Waals surface area contributed by atoms with E-state index in [9.17, 15) is 19.2 Å². The minimum absolute atomic E-state index is 0.0677.